The van der Waals surface area contributed by atoms with E-state index in [2.05, 4.69) is 11.9 Å². The van der Waals surface area contributed by atoms with Gasteiger partial charge in [-0.15, -0.1) is 0 Å². The van der Waals surface area contributed by atoms with Gasteiger partial charge in [0.1, 0.15) is 5.82 Å². The number of likely N-dealkylation sites (tertiary alicyclic amines) is 1. The summed E-state index contributed by atoms with van der Waals surface area (Å²) in [6.45, 7) is 3.56. The highest BCUT2D eigenvalue weighted by molar-refractivity contribution is 5.78. The molecule has 4 nitrogen and oxygen atoms in total. The highest BCUT2D eigenvalue weighted by Crippen LogP contribution is 2.25. The molecule has 2 fully saturated rings. The van der Waals surface area contributed by atoms with Crippen LogP contribution in [-0.4, -0.2) is 61.1 Å². The fourth-order valence-corrected chi connectivity index (χ4v) is 3.75. The number of carbonyl (C=O) groups excluding carboxylic acids is 1. The van der Waals surface area contributed by atoms with E-state index in [9.17, 15) is 9.18 Å². The van der Waals surface area contributed by atoms with Crippen LogP contribution in [0.5, 0.6) is 0 Å². The first-order valence-electron chi connectivity index (χ1n) is 10.5. The Morgan fingerprint density at radius 2 is 1.81 bits per heavy atom. The van der Waals surface area contributed by atoms with Gasteiger partial charge < -0.3 is 14.5 Å². The van der Waals surface area contributed by atoms with E-state index >= 15 is 0 Å². The zero-order chi connectivity index (χ0) is 19.1. The zero-order valence-corrected chi connectivity index (χ0v) is 16.5. The summed E-state index contributed by atoms with van der Waals surface area (Å²) in [4.78, 5) is 16.8. The fraction of sp³-hybridized carbons (Fsp3) is 0.682. The van der Waals surface area contributed by atoms with E-state index in [0.29, 0.717) is 6.42 Å². The van der Waals surface area contributed by atoms with Crippen molar-refractivity contribution in [2.45, 2.75) is 63.5 Å². The van der Waals surface area contributed by atoms with Crippen molar-refractivity contribution in [3.05, 3.63) is 35.6 Å². The van der Waals surface area contributed by atoms with Crippen molar-refractivity contribution in [2.24, 2.45) is 0 Å². The Morgan fingerprint density at radius 1 is 1.11 bits per heavy atom. The van der Waals surface area contributed by atoms with Gasteiger partial charge in [0.2, 0.25) is 5.91 Å². The standard InChI is InChI=1S/C22H33FN2O2/c1-24(20-9-10-20)13-3-2-4-16-27-21-11-14-25(15-12-21)22(26)17-18-5-7-19(23)8-6-18/h5-8,20-21H,2-4,9-17H2,1H3. The molecular formula is C22H33FN2O2. The molecule has 1 aromatic carbocycles. The first-order valence-corrected chi connectivity index (χ1v) is 10.5. The molecule has 0 radical (unpaired) electrons. The quantitative estimate of drug-likeness (QED) is 0.585. The highest BCUT2D eigenvalue weighted by atomic mass is 19.1. The second-order valence-corrected chi connectivity index (χ2v) is 8.03. The lowest BCUT2D eigenvalue weighted by atomic mass is 10.1. The molecule has 150 valence electrons. The maximum Gasteiger partial charge on any atom is 0.226 e. The van der Waals surface area contributed by atoms with Gasteiger partial charge in [-0.25, -0.2) is 4.39 Å². The lowest BCUT2D eigenvalue weighted by Crippen LogP contribution is -2.41. The second-order valence-electron chi connectivity index (χ2n) is 8.03. The number of carbonyl (C=O) groups is 1. The molecular weight excluding hydrogens is 343 g/mol. The Balaban J connectivity index is 1.24. The summed E-state index contributed by atoms with van der Waals surface area (Å²) in [5.74, 6) is -0.140. The summed E-state index contributed by atoms with van der Waals surface area (Å²) < 4.78 is 19.0. The zero-order valence-electron chi connectivity index (χ0n) is 16.5. The third kappa shape index (κ3) is 6.89. The summed E-state index contributed by atoms with van der Waals surface area (Å²) >= 11 is 0. The van der Waals surface area contributed by atoms with Gasteiger partial charge in [0.25, 0.3) is 0 Å². The molecule has 0 unspecified atom stereocenters. The summed E-state index contributed by atoms with van der Waals surface area (Å²) in [5.41, 5.74) is 0.868. The second kappa shape index (κ2) is 10.2. The van der Waals surface area contributed by atoms with Crippen LogP contribution in [0.25, 0.3) is 0 Å². The minimum atomic E-state index is -0.265. The maximum atomic E-state index is 13.0. The molecule has 27 heavy (non-hydrogen) atoms. The summed E-state index contributed by atoms with van der Waals surface area (Å²) in [6.07, 6.45) is 8.84. The van der Waals surface area contributed by atoms with E-state index in [-0.39, 0.29) is 17.8 Å². The first-order chi connectivity index (χ1) is 13.1. The molecule has 0 atom stereocenters. The normalized spacial score (nSPS) is 18.3. The monoisotopic (exact) mass is 376 g/mol. The van der Waals surface area contributed by atoms with Gasteiger partial charge in [0.05, 0.1) is 12.5 Å². The Hall–Kier alpha value is -1.46. The maximum absolute atomic E-state index is 13.0. The molecule has 3 rings (SSSR count). The minimum Gasteiger partial charge on any atom is -0.378 e. The molecule has 2 aliphatic rings. The van der Waals surface area contributed by atoms with Gasteiger partial charge in [-0.05, 0) is 76.2 Å². The van der Waals surface area contributed by atoms with Gasteiger partial charge >= 0.3 is 0 Å². The number of hydrogen-bond donors (Lipinski definition) is 0. The van der Waals surface area contributed by atoms with Crippen molar-refractivity contribution >= 4 is 5.91 Å². The van der Waals surface area contributed by atoms with Crippen LogP contribution >= 0.6 is 0 Å². The number of ether oxygens (including phenoxy) is 1. The van der Waals surface area contributed by atoms with Gasteiger partial charge in [0.15, 0.2) is 0 Å². The number of amides is 1. The molecule has 1 aromatic rings. The Labute approximate surface area is 162 Å². The van der Waals surface area contributed by atoms with Gasteiger partial charge in [-0.2, -0.15) is 0 Å². The lowest BCUT2D eigenvalue weighted by Gasteiger charge is -2.32. The van der Waals surface area contributed by atoms with Crippen molar-refractivity contribution < 1.29 is 13.9 Å². The topological polar surface area (TPSA) is 32.8 Å². The Morgan fingerprint density at radius 3 is 2.48 bits per heavy atom. The van der Waals surface area contributed by atoms with Crippen LogP contribution < -0.4 is 0 Å². The average molecular weight is 377 g/mol. The molecule has 1 aliphatic heterocycles. The number of benzene rings is 1. The predicted molar refractivity (Wildman–Crippen MR) is 105 cm³/mol. The number of hydrogen-bond acceptors (Lipinski definition) is 3. The molecule has 0 bridgehead atoms. The van der Waals surface area contributed by atoms with Crippen LogP contribution in [0.3, 0.4) is 0 Å². The smallest absolute Gasteiger partial charge is 0.226 e. The van der Waals surface area contributed by atoms with Crippen molar-refractivity contribution in [3.8, 4) is 0 Å². The van der Waals surface area contributed by atoms with Crippen LogP contribution in [0.1, 0.15) is 50.5 Å². The number of rotatable bonds is 10. The predicted octanol–water partition coefficient (Wildman–Crippen LogP) is 3.64. The molecule has 0 N–H and O–H groups in total. The lowest BCUT2D eigenvalue weighted by molar-refractivity contribution is -0.133. The molecule has 0 aromatic heterocycles. The van der Waals surface area contributed by atoms with E-state index in [1.807, 2.05) is 4.90 Å². The van der Waals surface area contributed by atoms with Crippen LogP contribution in [0.2, 0.25) is 0 Å². The summed E-state index contributed by atoms with van der Waals surface area (Å²) in [5, 5.41) is 0. The minimum absolute atomic E-state index is 0.125. The number of piperidine rings is 1. The van der Waals surface area contributed by atoms with Crippen molar-refractivity contribution in [1.82, 2.24) is 9.80 Å². The third-order valence-corrected chi connectivity index (χ3v) is 5.74. The Bertz CT molecular complexity index is 580. The summed E-state index contributed by atoms with van der Waals surface area (Å²) in [6, 6.07) is 7.05. The van der Waals surface area contributed by atoms with Crippen molar-refractivity contribution in [3.63, 3.8) is 0 Å². The molecule has 1 saturated carbocycles. The largest absolute Gasteiger partial charge is 0.378 e. The Kier molecular flexibility index (Phi) is 7.65. The van der Waals surface area contributed by atoms with Crippen molar-refractivity contribution in [1.29, 1.82) is 0 Å². The third-order valence-electron chi connectivity index (χ3n) is 5.74. The summed E-state index contributed by atoms with van der Waals surface area (Å²) in [7, 11) is 2.24. The van der Waals surface area contributed by atoms with Crippen LogP contribution in [-0.2, 0) is 16.0 Å². The SMILES string of the molecule is CN(CCCCCOC1CCN(C(=O)Cc2ccc(F)cc2)CC1)C1CC1. The molecule has 1 heterocycles. The molecule has 5 heteroatoms. The molecule has 1 aliphatic carbocycles. The van der Waals surface area contributed by atoms with Crippen LogP contribution in [0, 0.1) is 5.82 Å². The molecule has 1 amide bonds. The van der Waals surface area contributed by atoms with Crippen molar-refractivity contribution in [2.75, 3.05) is 33.3 Å². The van der Waals surface area contributed by atoms with E-state index in [1.165, 1.54) is 44.4 Å². The van der Waals surface area contributed by atoms with E-state index in [1.54, 1.807) is 12.1 Å². The average Bonchev–Trinajstić information content (AvgIpc) is 3.52. The van der Waals surface area contributed by atoms with E-state index in [0.717, 1.165) is 50.6 Å². The number of halogens is 1. The number of nitrogens with zero attached hydrogens (tertiary/aromatic N) is 2. The van der Waals surface area contributed by atoms with Gasteiger partial charge in [-0.1, -0.05) is 12.1 Å². The van der Waals surface area contributed by atoms with Gasteiger partial charge in [0, 0.05) is 25.7 Å². The number of unbranched alkanes of at least 4 members (excludes halogenated alkanes) is 2. The van der Waals surface area contributed by atoms with E-state index < -0.39 is 0 Å². The molecule has 1 saturated heterocycles. The highest BCUT2D eigenvalue weighted by Gasteiger charge is 2.25. The first kappa shape index (κ1) is 20.3. The van der Waals surface area contributed by atoms with Gasteiger partial charge in [-0.3, -0.25) is 4.79 Å². The fourth-order valence-electron chi connectivity index (χ4n) is 3.75. The van der Waals surface area contributed by atoms with E-state index in [4.69, 9.17) is 4.74 Å². The molecule has 0 spiro atoms. The van der Waals surface area contributed by atoms with Crippen LogP contribution in [0.4, 0.5) is 4.39 Å². The van der Waals surface area contributed by atoms with Crippen LogP contribution in [0.15, 0.2) is 24.3 Å².